The van der Waals surface area contributed by atoms with Gasteiger partial charge >= 0.3 is 6.16 Å². The molecule has 74 valence electrons. The van der Waals surface area contributed by atoms with Crippen LogP contribution in [0.15, 0.2) is 11.6 Å². The quantitative estimate of drug-likeness (QED) is 0.746. The molecule has 0 spiro atoms. The fourth-order valence-corrected chi connectivity index (χ4v) is 0.951. The van der Waals surface area contributed by atoms with Crippen molar-refractivity contribution in [2.24, 2.45) is 0 Å². The first-order valence-electron chi connectivity index (χ1n) is 3.49. The lowest BCUT2D eigenvalue weighted by atomic mass is 10.9. The maximum Gasteiger partial charge on any atom is 0.505 e. The van der Waals surface area contributed by atoms with E-state index >= 15 is 0 Å². The van der Waals surface area contributed by atoms with Gasteiger partial charge in [-0.2, -0.15) is 0 Å². The van der Waals surface area contributed by atoms with Crippen molar-refractivity contribution in [1.29, 1.82) is 0 Å². The van der Waals surface area contributed by atoms with Crippen molar-refractivity contribution >= 4 is 17.5 Å². The van der Waals surface area contributed by atoms with Crippen molar-refractivity contribution in [3.05, 3.63) is 11.6 Å². The molecule has 0 aromatic carbocycles. The fraction of sp³-hybridized carbons (Fsp3) is 0.429. The number of hydrogen-bond donors (Lipinski definition) is 1. The summed E-state index contributed by atoms with van der Waals surface area (Å²) in [5.74, 6) is 0. The summed E-state index contributed by atoms with van der Waals surface area (Å²) in [5, 5.41) is 10.2. The van der Waals surface area contributed by atoms with E-state index < -0.39 is 6.16 Å². The minimum absolute atomic E-state index is 0.702. The molecule has 0 aliphatic heterocycles. The van der Waals surface area contributed by atoms with Gasteiger partial charge in [-0.25, -0.2) is 9.78 Å². The van der Waals surface area contributed by atoms with Gasteiger partial charge in [0.2, 0.25) is 0 Å². The monoisotopic (exact) mass is 205 g/mol. The van der Waals surface area contributed by atoms with Crippen molar-refractivity contribution in [3.63, 3.8) is 0 Å². The molecular formula is C7H11NO4S. The van der Waals surface area contributed by atoms with Crippen molar-refractivity contribution in [2.75, 3.05) is 13.7 Å². The highest BCUT2D eigenvalue weighted by Crippen LogP contribution is 2.12. The third kappa shape index (κ3) is 7.07. The average molecular weight is 205 g/mol. The lowest BCUT2D eigenvalue weighted by Gasteiger charge is -1.91. The van der Waals surface area contributed by atoms with E-state index in [2.05, 4.69) is 9.72 Å². The van der Waals surface area contributed by atoms with E-state index in [1.807, 2.05) is 12.3 Å². The second-order valence-electron chi connectivity index (χ2n) is 1.70. The van der Waals surface area contributed by atoms with Crippen molar-refractivity contribution in [2.45, 2.75) is 6.92 Å². The number of thiazole rings is 1. The second kappa shape index (κ2) is 7.35. The molecule has 1 N–H and O–H groups in total. The van der Waals surface area contributed by atoms with Gasteiger partial charge in [-0.15, -0.1) is 0 Å². The summed E-state index contributed by atoms with van der Waals surface area (Å²) >= 11 is 1.51. The zero-order valence-electron chi connectivity index (χ0n) is 7.39. The number of hydrogen-bond acceptors (Lipinski definition) is 5. The Morgan fingerprint density at radius 1 is 1.77 bits per heavy atom. The standard InChI is InChI=1S/C5H7NOS.C2H4O3/c1-2-7-5-6-3-4-8-5;1-5-2(3)4/h3-4H,2H2,1H3;1H3,(H,3,4). The SMILES string of the molecule is CCOc1nccs1.COC(=O)O. The number of ether oxygens (including phenoxy) is 2. The van der Waals surface area contributed by atoms with Gasteiger partial charge in [0.1, 0.15) is 0 Å². The smallest absolute Gasteiger partial charge is 0.470 e. The van der Waals surface area contributed by atoms with Gasteiger partial charge in [-0.05, 0) is 6.92 Å². The van der Waals surface area contributed by atoms with Crippen LogP contribution in [0.2, 0.25) is 0 Å². The van der Waals surface area contributed by atoms with Gasteiger partial charge in [0, 0.05) is 11.6 Å². The van der Waals surface area contributed by atoms with E-state index in [1.54, 1.807) is 6.20 Å². The summed E-state index contributed by atoms with van der Waals surface area (Å²) in [7, 11) is 1.10. The van der Waals surface area contributed by atoms with E-state index in [0.717, 1.165) is 12.3 Å². The first-order chi connectivity index (χ1) is 6.20. The first kappa shape index (κ1) is 11.7. The number of aromatic nitrogens is 1. The lowest BCUT2D eigenvalue weighted by molar-refractivity contribution is 0.114. The molecule has 0 saturated carbocycles. The van der Waals surface area contributed by atoms with Crippen LogP contribution in [0.1, 0.15) is 6.92 Å². The molecule has 0 bridgehead atoms. The maximum absolute atomic E-state index is 9.15. The summed E-state index contributed by atoms with van der Waals surface area (Å²) in [4.78, 5) is 13.0. The molecule has 0 fully saturated rings. The molecule has 1 rings (SSSR count). The third-order valence-corrected chi connectivity index (χ3v) is 1.53. The largest absolute Gasteiger partial charge is 0.505 e. The Morgan fingerprint density at radius 3 is 2.69 bits per heavy atom. The molecule has 1 heterocycles. The van der Waals surface area contributed by atoms with Crippen LogP contribution in [-0.2, 0) is 4.74 Å². The van der Waals surface area contributed by atoms with Gasteiger partial charge in [0.25, 0.3) is 5.19 Å². The summed E-state index contributed by atoms with van der Waals surface area (Å²) in [6.07, 6.45) is 0.486. The zero-order valence-corrected chi connectivity index (χ0v) is 8.21. The summed E-state index contributed by atoms with van der Waals surface area (Å²) in [6.45, 7) is 2.65. The zero-order chi connectivity index (χ0) is 10.1. The molecule has 0 amide bonds. The Labute approximate surface area is 79.9 Å². The van der Waals surface area contributed by atoms with Gasteiger partial charge in [-0.3, -0.25) is 0 Å². The van der Waals surface area contributed by atoms with Crippen LogP contribution in [0.3, 0.4) is 0 Å². The molecule has 1 aromatic heterocycles. The van der Waals surface area contributed by atoms with Gasteiger partial charge in [0.05, 0.1) is 13.7 Å². The Kier molecular flexibility index (Phi) is 6.62. The van der Waals surface area contributed by atoms with E-state index in [1.165, 1.54) is 11.3 Å². The highest BCUT2D eigenvalue weighted by Gasteiger charge is 1.88. The van der Waals surface area contributed by atoms with Crippen LogP contribution in [0, 0.1) is 0 Å². The Bertz CT molecular complexity index is 224. The summed E-state index contributed by atoms with van der Waals surface area (Å²) in [6, 6.07) is 0. The predicted octanol–water partition coefficient (Wildman–Crippen LogP) is 1.85. The molecule has 13 heavy (non-hydrogen) atoms. The molecule has 0 unspecified atom stereocenters. The second-order valence-corrected chi connectivity index (χ2v) is 2.56. The Morgan fingerprint density at radius 2 is 2.38 bits per heavy atom. The highest BCUT2D eigenvalue weighted by atomic mass is 32.1. The molecule has 1 aromatic rings. The molecule has 0 aliphatic carbocycles. The van der Waals surface area contributed by atoms with Crippen LogP contribution in [-0.4, -0.2) is 30.0 Å². The van der Waals surface area contributed by atoms with Crippen LogP contribution in [0.4, 0.5) is 4.79 Å². The highest BCUT2D eigenvalue weighted by molar-refractivity contribution is 7.11. The third-order valence-electron chi connectivity index (χ3n) is 0.852. The van der Waals surface area contributed by atoms with Crippen molar-refractivity contribution < 1.29 is 19.4 Å². The maximum atomic E-state index is 9.15. The van der Waals surface area contributed by atoms with Gasteiger partial charge in [-0.1, -0.05) is 11.3 Å². The molecule has 0 saturated heterocycles. The minimum atomic E-state index is -1.25. The summed E-state index contributed by atoms with van der Waals surface area (Å²) in [5.41, 5.74) is 0. The average Bonchev–Trinajstić information content (AvgIpc) is 2.59. The van der Waals surface area contributed by atoms with Crippen LogP contribution in [0.25, 0.3) is 0 Å². The van der Waals surface area contributed by atoms with Crippen LogP contribution < -0.4 is 4.74 Å². The molecular weight excluding hydrogens is 194 g/mol. The summed E-state index contributed by atoms with van der Waals surface area (Å²) < 4.78 is 8.72. The van der Waals surface area contributed by atoms with Gasteiger partial charge in [0.15, 0.2) is 0 Å². The molecule has 5 nitrogen and oxygen atoms in total. The molecule has 0 radical (unpaired) electrons. The predicted molar refractivity (Wildman–Crippen MR) is 48.3 cm³/mol. The number of nitrogens with zero attached hydrogens (tertiary/aromatic N) is 1. The first-order valence-corrected chi connectivity index (χ1v) is 4.37. The molecule has 6 heteroatoms. The molecule has 0 aliphatic rings. The Balaban J connectivity index is 0.000000252. The normalized spacial score (nSPS) is 8.15. The van der Waals surface area contributed by atoms with E-state index in [-0.39, 0.29) is 0 Å². The molecule has 0 atom stereocenters. The van der Waals surface area contributed by atoms with Crippen molar-refractivity contribution in [1.82, 2.24) is 4.98 Å². The van der Waals surface area contributed by atoms with Crippen LogP contribution >= 0.6 is 11.3 Å². The number of methoxy groups -OCH3 is 1. The minimum Gasteiger partial charge on any atom is -0.470 e. The number of carboxylic acid groups (broad SMARTS) is 1. The number of carbonyl (C=O) groups is 1. The fourth-order valence-electron chi connectivity index (χ4n) is 0.405. The van der Waals surface area contributed by atoms with Gasteiger partial charge < -0.3 is 14.6 Å². The Hall–Kier alpha value is -1.30. The van der Waals surface area contributed by atoms with E-state index in [0.29, 0.717) is 6.61 Å². The van der Waals surface area contributed by atoms with E-state index in [4.69, 9.17) is 14.6 Å². The lowest BCUT2D eigenvalue weighted by Crippen LogP contribution is -1.91. The van der Waals surface area contributed by atoms with Crippen LogP contribution in [0.5, 0.6) is 5.19 Å². The number of rotatable bonds is 2. The van der Waals surface area contributed by atoms with Crippen molar-refractivity contribution in [3.8, 4) is 5.19 Å². The topological polar surface area (TPSA) is 68.7 Å². The van der Waals surface area contributed by atoms with E-state index in [9.17, 15) is 0 Å².